The zero-order valence-electron chi connectivity index (χ0n) is 21.4. The highest BCUT2D eigenvalue weighted by atomic mass is 19.4. The summed E-state index contributed by atoms with van der Waals surface area (Å²) in [5, 5.41) is 2.75. The topological polar surface area (TPSA) is 38.3 Å². The lowest BCUT2D eigenvalue weighted by molar-refractivity contribution is -0.137. The Balaban J connectivity index is 1.51. The molecule has 0 aliphatic carbocycles. The predicted molar refractivity (Wildman–Crippen MR) is 151 cm³/mol. The fourth-order valence-electron chi connectivity index (χ4n) is 4.57. The molecule has 6 heteroatoms. The van der Waals surface area contributed by atoms with Crippen molar-refractivity contribution >= 4 is 11.6 Å². The minimum absolute atomic E-state index is 0.0637. The molecule has 0 atom stereocenters. The number of ether oxygens (including phenoxy) is 1. The van der Waals surface area contributed by atoms with Gasteiger partial charge in [0, 0.05) is 6.42 Å². The van der Waals surface area contributed by atoms with Crippen molar-refractivity contribution in [1.29, 1.82) is 0 Å². The Kier molecular flexibility index (Phi) is 7.97. The number of halogens is 3. The molecule has 0 aliphatic heterocycles. The molecule has 0 fully saturated rings. The summed E-state index contributed by atoms with van der Waals surface area (Å²) in [5.74, 6) is -0.611. The van der Waals surface area contributed by atoms with Gasteiger partial charge in [0.2, 0.25) is 5.91 Å². The Morgan fingerprint density at radius 2 is 1.23 bits per heavy atom. The molecule has 0 radical (unpaired) electrons. The number of hydrogen-bond donors (Lipinski definition) is 1. The van der Waals surface area contributed by atoms with Crippen LogP contribution in [-0.2, 0) is 17.4 Å². The first-order valence-corrected chi connectivity index (χ1v) is 12.8. The molecule has 5 aromatic rings. The van der Waals surface area contributed by atoms with Crippen molar-refractivity contribution in [3.8, 4) is 11.5 Å². The number of anilines is 1. The maximum absolute atomic E-state index is 13.7. The lowest BCUT2D eigenvalue weighted by Gasteiger charge is -2.21. The smallest absolute Gasteiger partial charge is 0.416 e. The fourth-order valence-corrected chi connectivity index (χ4v) is 4.57. The zero-order chi connectivity index (χ0) is 28.0. The number of amides is 1. The van der Waals surface area contributed by atoms with E-state index in [-0.39, 0.29) is 11.4 Å². The number of carbonyl (C=O) groups is 1. The third-order valence-corrected chi connectivity index (χ3v) is 6.52. The average Bonchev–Trinajstić information content (AvgIpc) is 2.96. The Hall–Kier alpha value is -4.84. The van der Waals surface area contributed by atoms with Gasteiger partial charge in [0.25, 0.3) is 0 Å². The van der Waals surface area contributed by atoms with E-state index >= 15 is 0 Å². The minimum Gasteiger partial charge on any atom is -0.455 e. The molecule has 0 saturated carbocycles. The van der Waals surface area contributed by atoms with Gasteiger partial charge in [0.15, 0.2) is 5.75 Å². The standard InChI is InChI=1S/C34H26F3NO2/c35-34(36,37)28-20-21-31(40-30-19-11-10-18-27(30)22-24-12-4-1-5-13-24)29(23-28)38-33(39)32(25-14-6-2-7-15-25)26-16-8-3-9-17-26/h1-21,23,32H,22H2,(H,38,39). The largest absolute Gasteiger partial charge is 0.455 e. The molecule has 1 N–H and O–H groups in total. The van der Waals surface area contributed by atoms with Crippen LogP contribution >= 0.6 is 0 Å². The van der Waals surface area contributed by atoms with Crippen LogP contribution in [-0.4, -0.2) is 5.91 Å². The van der Waals surface area contributed by atoms with E-state index in [2.05, 4.69) is 5.32 Å². The average molecular weight is 538 g/mol. The van der Waals surface area contributed by atoms with Crippen LogP contribution in [0, 0.1) is 0 Å². The second-order valence-corrected chi connectivity index (χ2v) is 9.32. The van der Waals surface area contributed by atoms with Crippen LogP contribution in [0.2, 0.25) is 0 Å². The summed E-state index contributed by atoms with van der Waals surface area (Å²) in [4.78, 5) is 13.7. The molecule has 0 bridgehead atoms. The Morgan fingerprint density at radius 3 is 1.82 bits per heavy atom. The van der Waals surface area contributed by atoms with Gasteiger partial charge in [-0.25, -0.2) is 0 Å². The van der Waals surface area contributed by atoms with Gasteiger partial charge in [0.05, 0.1) is 17.2 Å². The van der Waals surface area contributed by atoms with Gasteiger partial charge < -0.3 is 10.1 Å². The van der Waals surface area contributed by atoms with E-state index in [1.165, 1.54) is 6.07 Å². The SMILES string of the molecule is O=C(Nc1cc(C(F)(F)F)ccc1Oc1ccccc1Cc1ccccc1)C(c1ccccc1)c1ccccc1. The zero-order valence-corrected chi connectivity index (χ0v) is 21.4. The lowest BCUT2D eigenvalue weighted by atomic mass is 9.90. The van der Waals surface area contributed by atoms with E-state index in [1.54, 1.807) is 12.1 Å². The van der Waals surface area contributed by atoms with E-state index in [9.17, 15) is 18.0 Å². The normalized spacial score (nSPS) is 11.3. The van der Waals surface area contributed by atoms with Gasteiger partial charge >= 0.3 is 6.18 Å². The summed E-state index contributed by atoms with van der Waals surface area (Å²) in [7, 11) is 0. The number of para-hydroxylation sites is 1. The van der Waals surface area contributed by atoms with Crippen molar-refractivity contribution in [3.63, 3.8) is 0 Å². The van der Waals surface area contributed by atoms with E-state index in [1.807, 2.05) is 103 Å². The second kappa shape index (κ2) is 11.9. The minimum atomic E-state index is -4.60. The Bertz CT molecular complexity index is 1530. The van der Waals surface area contributed by atoms with Gasteiger partial charge in [-0.15, -0.1) is 0 Å². The molecular weight excluding hydrogens is 511 g/mol. The molecule has 0 heterocycles. The Morgan fingerprint density at radius 1 is 0.675 bits per heavy atom. The quantitative estimate of drug-likeness (QED) is 0.215. The molecule has 0 spiro atoms. The number of benzene rings is 5. The summed E-state index contributed by atoms with van der Waals surface area (Å²) in [6, 6.07) is 38.5. The van der Waals surface area contributed by atoms with Gasteiger partial charge in [-0.1, -0.05) is 109 Å². The number of hydrogen-bond acceptors (Lipinski definition) is 2. The summed E-state index contributed by atoms with van der Waals surface area (Å²) in [6.45, 7) is 0. The molecule has 0 unspecified atom stereocenters. The number of carbonyl (C=O) groups excluding carboxylic acids is 1. The van der Waals surface area contributed by atoms with Gasteiger partial charge in [-0.05, 0) is 46.5 Å². The van der Waals surface area contributed by atoms with Crippen molar-refractivity contribution in [3.05, 3.63) is 161 Å². The van der Waals surface area contributed by atoms with Gasteiger partial charge in [-0.3, -0.25) is 4.79 Å². The fraction of sp³-hybridized carbons (Fsp3) is 0.0882. The molecule has 40 heavy (non-hydrogen) atoms. The van der Waals surface area contributed by atoms with E-state index in [0.717, 1.165) is 23.3 Å². The van der Waals surface area contributed by atoms with E-state index in [0.29, 0.717) is 23.3 Å². The molecule has 3 nitrogen and oxygen atoms in total. The number of nitrogens with one attached hydrogen (secondary N) is 1. The van der Waals surface area contributed by atoms with Crippen molar-refractivity contribution in [2.24, 2.45) is 0 Å². The van der Waals surface area contributed by atoms with Crippen LogP contribution in [0.15, 0.2) is 133 Å². The highest BCUT2D eigenvalue weighted by Crippen LogP contribution is 2.39. The molecule has 1 amide bonds. The molecule has 0 saturated heterocycles. The molecule has 200 valence electrons. The van der Waals surface area contributed by atoms with Crippen LogP contribution in [0.5, 0.6) is 11.5 Å². The van der Waals surface area contributed by atoms with Crippen LogP contribution in [0.1, 0.15) is 33.7 Å². The Labute approximate surface area is 230 Å². The van der Waals surface area contributed by atoms with E-state index < -0.39 is 23.6 Å². The summed E-state index contributed by atoms with van der Waals surface area (Å²) in [5.41, 5.74) is 2.41. The van der Waals surface area contributed by atoms with Crippen LogP contribution in [0.4, 0.5) is 18.9 Å². The number of rotatable bonds is 8. The predicted octanol–water partition coefficient (Wildman–Crippen LogP) is 8.86. The third-order valence-electron chi connectivity index (χ3n) is 6.52. The molecular formula is C34H26F3NO2. The maximum atomic E-state index is 13.7. The van der Waals surface area contributed by atoms with Crippen molar-refractivity contribution in [2.75, 3.05) is 5.32 Å². The summed E-state index contributed by atoms with van der Waals surface area (Å²) >= 11 is 0. The van der Waals surface area contributed by atoms with Gasteiger partial charge in [-0.2, -0.15) is 13.2 Å². The molecule has 5 aromatic carbocycles. The second-order valence-electron chi connectivity index (χ2n) is 9.32. The maximum Gasteiger partial charge on any atom is 0.416 e. The van der Waals surface area contributed by atoms with Gasteiger partial charge in [0.1, 0.15) is 5.75 Å². The summed E-state index contributed by atoms with van der Waals surface area (Å²) < 4.78 is 47.3. The highest BCUT2D eigenvalue weighted by Gasteiger charge is 2.32. The highest BCUT2D eigenvalue weighted by molar-refractivity contribution is 5.99. The van der Waals surface area contributed by atoms with Crippen molar-refractivity contribution < 1.29 is 22.7 Å². The first-order chi connectivity index (χ1) is 19.4. The molecule has 0 aromatic heterocycles. The number of alkyl halides is 3. The van der Waals surface area contributed by atoms with Crippen LogP contribution in [0.3, 0.4) is 0 Å². The molecule has 0 aliphatic rings. The first kappa shape index (κ1) is 26.8. The van der Waals surface area contributed by atoms with Crippen molar-refractivity contribution in [1.82, 2.24) is 0 Å². The van der Waals surface area contributed by atoms with Crippen LogP contribution < -0.4 is 10.1 Å². The third kappa shape index (κ3) is 6.41. The monoisotopic (exact) mass is 537 g/mol. The first-order valence-electron chi connectivity index (χ1n) is 12.8. The van der Waals surface area contributed by atoms with Crippen molar-refractivity contribution in [2.45, 2.75) is 18.5 Å². The lowest BCUT2D eigenvalue weighted by Crippen LogP contribution is -2.23. The summed E-state index contributed by atoms with van der Waals surface area (Å²) in [6.07, 6.45) is -4.02. The molecule has 5 rings (SSSR count). The van der Waals surface area contributed by atoms with Crippen LogP contribution in [0.25, 0.3) is 0 Å². The van der Waals surface area contributed by atoms with E-state index in [4.69, 9.17) is 4.74 Å².